The van der Waals surface area contributed by atoms with Crippen molar-refractivity contribution in [3.8, 4) is 11.3 Å². The minimum atomic E-state index is -0.619. The topological polar surface area (TPSA) is 94.8 Å². The molecule has 1 amide bonds. The second-order valence-corrected chi connectivity index (χ2v) is 8.67. The fourth-order valence-corrected chi connectivity index (χ4v) is 4.32. The largest absolute Gasteiger partial charge is 0.462 e. The van der Waals surface area contributed by atoms with E-state index in [2.05, 4.69) is 21.2 Å². The number of furan rings is 1. The smallest absolute Gasteiger partial charge is 0.348 e. The van der Waals surface area contributed by atoms with Crippen molar-refractivity contribution in [3.05, 3.63) is 68.7 Å². The van der Waals surface area contributed by atoms with E-state index in [1.54, 1.807) is 26.8 Å². The summed E-state index contributed by atoms with van der Waals surface area (Å²) in [7, 11) is 0. The van der Waals surface area contributed by atoms with Crippen molar-refractivity contribution in [2.24, 2.45) is 0 Å². The normalized spacial score (nSPS) is 10.9. The van der Waals surface area contributed by atoms with Gasteiger partial charge < -0.3 is 19.2 Å². The number of nitrogens with one attached hydrogen (secondary N) is 1. The van der Waals surface area contributed by atoms with Crippen LogP contribution in [0.25, 0.3) is 17.4 Å². The van der Waals surface area contributed by atoms with Gasteiger partial charge in [-0.1, -0.05) is 28.1 Å². The summed E-state index contributed by atoms with van der Waals surface area (Å²) in [4.78, 5) is 37.5. The van der Waals surface area contributed by atoms with E-state index >= 15 is 0 Å². The lowest BCUT2D eigenvalue weighted by Crippen LogP contribution is -2.12. The van der Waals surface area contributed by atoms with Crippen molar-refractivity contribution in [3.63, 3.8) is 0 Å². The molecule has 3 rings (SSSR count). The zero-order valence-corrected chi connectivity index (χ0v) is 20.7. The number of anilines is 1. The highest BCUT2D eigenvalue weighted by atomic mass is 79.9. The van der Waals surface area contributed by atoms with Gasteiger partial charge in [-0.15, -0.1) is 11.3 Å². The maximum absolute atomic E-state index is 12.5. The van der Waals surface area contributed by atoms with Crippen molar-refractivity contribution in [2.45, 2.75) is 20.8 Å². The number of carbonyl (C=O) groups is 3. The van der Waals surface area contributed by atoms with Gasteiger partial charge in [0.2, 0.25) is 5.91 Å². The summed E-state index contributed by atoms with van der Waals surface area (Å²) >= 11 is 4.37. The Morgan fingerprint density at radius 3 is 2.36 bits per heavy atom. The zero-order chi connectivity index (χ0) is 24.0. The van der Waals surface area contributed by atoms with Crippen LogP contribution < -0.4 is 5.32 Å². The number of ether oxygens (including phenoxy) is 2. The van der Waals surface area contributed by atoms with Gasteiger partial charge in [0.1, 0.15) is 21.4 Å². The summed E-state index contributed by atoms with van der Waals surface area (Å²) < 4.78 is 16.9. The van der Waals surface area contributed by atoms with Crippen molar-refractivity contribution in [2.75, 3.05) is 18.5 Å². The van der Waals surface area contributed by atoms with Crippen LogP contribution in [0.4, 0.5) is 5.00 Å². The summed E-state index contributed by atoms with van der Waals surface area (Å²) in [6.45, 7) is 5.35. The quantitative estimate of drug-likeness (QED) is 0.279. The second kappa shape index (κ2) is 11.1. The molecule has 0 aliphatic heterocycles. The molecule has 0 atom stereocenters. The molecule has 172 valence electrons. The Morgan fingerprint density at radius 1 is 1.03 bits per heavy atom. The molecule has 1 N–H and O–H groups in total. The summed E-state index contributed by atoms with van der Waals surface area (Å²) in [6, 6.07) is 11.2. The zero-order valence-electron chi connectivity index (χ0n) is 18.3. The number of thiophene rings is 1. The van der Waals surface area contributed by atoms with E-state index in [9.17, 15) is 14.4 Å². The van der Waals surface area contributed by atoms with E-state index in [0.29, 0.717) is 17.1 Å². The number of amides is 1. The summed E-state index contributed by atoms with van der Waals surface area (Å²) in [5, 5.41) is 2.88. The predicted octanol–water partition coefficient (Wildman–Crippen LogP) is 6.08. The summed E-state index contributed by atoms with van der Waals surface area (Å²) in [6.07, 6.45) is 2.81. The molecule has 2 heterocycles. The van der Waals surface area contributed by atoms with Crippen molar-refractivity contribution in [1.29, 1.82) is 0 Å². The second-order valence-electron chi connectivity index (χ2n) is 6.73. The molecule has 0 aliphatic carbocycles. The Labute approximate surface area is 203 Å². The first-order valence-electron chi connectivity index (χ1n) is 10.2. The number of rotatable bonds is 8. The minimum absolute atomic E-state index is 0.141. The van der Waals surface area contributed by atoms with E-state index in [1.807, 2.05) is 30.3 Å². The lowest BCUT2D eigenvalue weighted by molar-refractivity contribution is -0.111. The Kier molecular flexibility index (Phi) is 8.24. The van der Waals surface area contributed by atoms with Crippen LogP contribution in [0.5, 0.6) is 0 Å². The van der Waals surface area contributed by atoms with Gasteiger partial charge in [0.25, 0.3) is 0 Å². The van der Waals surface area contributed by atoms with Gasteiger partial charge in [-0.2, -0.15) is 0 Å². The highest BCUT2D eigenvalue weighted by Crippen LogP contribution is 2.34. The van der Waals surface area contributed by atoms with Crippen LogP contribution in [-0.2, 0) is 14.3 Å². The molecule has 0 spiro atoms. The highest BCUT2D eigenvalue weighted by molar-refractivity contribution is 9.10. The first-order chi connectivity index (χ1) is 15.8. The van der Waals surface area contributed by atoms with Gasteiger partial charge in [-0.25, -0.2) is 9.59 Å². The van der Waals surface area contributed by atoms with E-state index in [0.717, 1.165) is 21.4 Å². The number of esters is 2. The molecule has 0 unspecified atom stereocenters. The summed E-state index contributed by atoms with van der Waals surface area (Å²) in [5.41, 5.74) is 1.45. The predicted molar refractivity (Wildman–Crippen MR) is 130 cm³/mol. The lowest BCUT2D eigenvalue weighted by atomic mass is 10.1. The fourth-order valence-electron chi connectivity index (χ4n) is 2.97. The number of carbonyl (C=O) groups excluding carboxylic acids is 3. The first-order valence-corrected chi connectivity index (χ1v) is 11.8. The van der Waals surface area contributed by atoms with Gasteiger partial charge in [0.05, 0.1) is 18.8 Å². The van der Waals surface area contributed by atoms with Gasteiger partial charge in [0.15, 0.2) is 0 Å². The molecule has 0 bridgehead atoms. The molecule has 0 fully saturated rings. The minimum Gasteiger partial charge on any atom is -0.462 e. The van der Waals surface area contributed by atoms with Crippen molar-refractivity contribution < 1.29 is 28.3 Å². The Bertz CT molecular complexity index is 1190. The molecule has 33 heavy (non-hydrogen) atoms. The molecular formula is C24H22BrNO6S. The molecule has 7 nitrogen and oxygen atoms in total. The van der Waals surface area contributed by atoms with Crippen LogP contribution in [0.3, 0.4) is 0 Å². The van der Waals surface area contributed by atoms with Gasteiger partial charge in [-0.3, -0.25) is 4.79 Å². The van der Waals surface area contributed by atoms with Crippen LogP contribution >= 0.6 is 27.3 Å². The number of hydrogen-bond donors (Lipinski definition) is 1. The van der Waals surface area contributed by atoms with Gasteiger partial charge >= 0.3 is 11.9 Å². The average molecular weight is 532 g/mol. The molecule has 0 aliphatic rings. The molecule has 0 saturated carbocycles. The van der Waals surface area contributed by atoms with Crippen LogP contribution in [0.15, 0.2) is 51.4 Å². The molecule has 1 aromatic carbocycles. The van der Waals surface area contributed by atoms with Crippen LogP contribution in [0.1, 0.15) is 45.2 Å². The Hall–Kier alpha value is -3.17. The van der Waals surface area contributed by atoms with E-state index in [1.165, 1.54) is 12.2 Å². The average Bonchev–Trinajstić information content (AvgIpc) is 3.38. The number of benzene rings is 1. The number of hydrogen-bond acceptors (Lipinski definition) is 7. The molecule has 2 aromatic heterocycles. The maximum atomic E-state index is 12.5. The van der Waals surface area contributed by atoms with Crippen LogP contribution in [0.2, 0.25) is 0 Å². The molecule has 0 radical (unpaired) electrons. The van der Waals surface area contributed by atoms with Gasteiger partial charge in [-0.05, 0) is 56.7 Å². The van der Waals surface area contributed by atoms with E-state index in [4.69, 9.17) is 13.9 Å². The number of halogens is 1. The SMILES string of the molecule is CCOC(=O)c1sc(NC(=O)C=Cc2ccc(-c3ccc(Br)cc3)o2)c(C(=O)OCC)c1C. The van der Waals surface area contributed by atoms with Gasteiger partial charge in [0, 0.05) is 16.1 Å². The third-order valence-corrected chi connectivity index (χ3v) is 6.19. The third kappa shape index (κ3) is 6.00. The fraction of sp³-hybridized carbons (Fsp3) is 0.208. The van der Waals surface area contributed by atoms with Crippen LogP contribution in [0, 0.1) is 6.92 Å². The molecule has 3 aromatic rings. The molecular weight excluding hydrogens is 510 g/mol. The Morgan fingerprint density at radius 2 is 1.70 bits per heavy atom. The standard InChI is InChI=1S/C24H22BrNO6S/c1-4-30-23(28)20-14(3)21(24(29)31-5-2)33-22(20)26-19(27)13-11-17-10-12-18(32-17)15-6-8-16(25)9-7-15/h6-13H,4-5H2,1-3H3,(H,26,27). The van der Waals surface area contributed by atoms with E-state index in [-0.39, 0.29) is 28.7 Å². The molecule has 9 heteroatoms. The van der Waals surface area contributed by atoms with Crippen molar-refractivity contribution in [1.82, 2.24) is 0 Å². The lowest BCUT2D eigenvalue weighted by Gasteiger charge is -2.05. The van der Waals surface area contributed by atoms with E-state index < -0.39 is 17.8 Å². The molecule has 0 saturated heterocycles. The third-order valence-electron chi connectivity index (χ3n) is 4.48. The highest BCUT2D eigenvalue weighted by Gasteiger charge is 2.27. The monoisotopic (exact) mass is 531 g/mol. The van der Waals surface area contributed by atoms with Crippen molar-refractivity contribution >= 4 is 56.2 Å². The maximum Gasteiger partial charge on any atom is 0.348 e. The Balaban J connectivity index is 1.78. The van der Waals surface area contributed by atoms with Crippen LogP contribution in [-0.4, -0.2) is 31.1 Å². The first kappa shape index (κ1) is 24.5. The summed E-state index contributed by atoms with van der Waals surface area (Å²) in [5.74, 6) is -0.508.